The lowest BCUT2D eigenvalue weighted by Crippen LogP contribution is -1.58. The summed E-state index contributed by atoms with van der Waals surface area (Å²) >= 11 is 0. The molecule has 0 fully saturated rings. The van der Waals surface area contributed by atoms with Crippen molar-refractivity contribution >= 4 is 6.29 Å². The first kappa shape index (κ1) is 11.2. The Hall–Kier alpha value is -0.590. The summed E-state index contributed by atoms with van der Waals surface area (Å²) in [7, 11) is 0. The van der Waals surface area contributed by atoms with Gasteiger partial charge in [0.1, 0.15) is 6.29 Å². The van der Waals surface area contributed by atoms with Crippen LogP contribution in [0.25, 0.3) is 0 Å². The molecule has 0 aromatic carbocycles. The molecule has 0 saturated heterocycles. The molecule has 0 aromatic rings. The zero-order valence-corrected chi connectivity index (χ0v) is 6.77. The highest BCUT2D eigenvalue weighted by Gasteiger charge is 1.67. The Morgan fingerprint density at radius 3 is 1.78 bits per heavy atom. The third-order valence-electron chi connectivity index (χ3n) is 0.612. The molecule has 0 aromatic heterocycles. The Kier molecular flexibility index (Phi) is 13.0. The van der Waals surface area contributed by atoms with Crippen LogP contribution >= 0.6 is 0 Å². The first-order valence-corrected chi connectivity index (χ1v) is 3.22. The summed E-state index contributed by atoms with van der Waals surface area (Å²) in [5.41, 5.74) is 1.41. The highest BCUT2D eigenvalue weighted by Crippen LogP contribution is 1.88. The van der Waals surface area contributed by atoms with Gasteiger partial charge in [-0.25, -0.2) is 0 Å². The predicted octanol–water partition coefficient (Wildman–Crippen LogP) is 2.57. The van der Waals surface area contributed by atoms with Gasteiger partial charge >= 0.3 is 0 Å². The van der Waals surface area contributed by atoms with Gasteiger partial charge in [0.05, 0.1) is 0 Å². The van der Waals surface area contributed by atoms with Crippen molar-refractivity contribution in [2.24, 2.45) is 0 Å². The SMILES string of the molecule is CC=O.CCC=C(C)C. The van der Waals surface area contributed by atoms with Crippen LogP contribution in [0.1, 0.15) is 34.1 Å². The first-order chi connectivity index (χ1) is 4.18. The summed E-state index contributed by atoms with van der Waals surface area (Å²) in [5.74, 6) is 0. The summed E-state index contributed by atoms with van der Waals surface area (Å²) in [5, 5.41) is 0. The number of aldehydes is 1. The molecule has 9 heavy (non-hydrogen) atoms. The lowest BCUT2D eigenvalue weighted by molar-refractivity contribution is -0.106. The maximum absolute atomic E-state index is 8.81. The minimum absolute atomic E-state index is 0.750. The van der Waals surface area contributed by atoms with Crippen LogP contribution < -0.4 is 0 Å². The molecule has 0 aliphatic heterocycles. The highest BCUT2D eigenvalue weighted by atomic mass is 16.1. The van der Waals surface area contributed by atoms with Gasteiger partial charge in [0.25, 0.3) is 0 Å². The van der Waals surface area contributed by atoms with Crippen LogP contribution in [0.2, 0.25) is 0 Å². The van der Waals surface area contributed by atoms with Gasteiger partial charge in [0.2, 0.25) is 0 Å². The second kappa shape index (κ2) is 10.4. The van der Waals surface area contributed by atoms with E-state index in [9.17, 15) is 0 Å². The number of carbonyl (C=O) groups excluding carboxylic acids is 1. The van der Waals surface area contributed by atoms with Crippen molar-refractivity contribution < 1.29 is 4.79 Å². The molecule has 0 amide bonds. The summed E-state index contributed by atoms with van der Waals surface area (Å²) < 4.78 is 0. The second-order valence-electron chi connectivity index (χ2n) is 1.93. The average molecular weight is 128 g/mol. The van der Waals surface area contributed by atoms with Gasteiger partial charge in [-0.2, -0.15) is 0 Å². The Labute approximate surface area is 57.8 Å². The first-order valence-electron chi connectivity index (χ1n) is 3.22. The maximum atomic E-state index is 8.81. The standard InChI is InChI=1S/C6H12.C2H4O/c1-4-5-6(2)3;1-2-3/h5H,4H2,1-3H3;2H,1H3. The topological polar surface area (TPSA) is 17.1 Å². The van der Waals surface area contributed by atoms with Gasteiger partial charge in [-0.1, -0.05) is 18.6 Å². The molecule has 0 radical (unpaired) electrons. The van der Waals surface area contributed by atoms with Gasteiger partial charge in [-0.15, -0.1) is 0 Å². The van der Waals surface area contributed by atoms with Crippen LogP contribution in [0.5, 0.6) is 0 Å². The van der Waals surface area contributed by atoms with E-state index in [0.29, 0.717) is 0 Å². The van der Waals surface area contributed by atoms with Gasteiger partial charge in [0.15, 0.2) is 0 Å². The fourth-order valence-corrected chi connectivity index (χ4v) is 0.408. The van der Waals surface area contributed by atoms with Crippen molar-refractivity contribution in [1.82, 2.24) is 0 Å². The second-order valence-corrected chi connectivity index (χ2v) is 1.93. The van der Waals surface area contributed by atoms with E-state index in [1.165, 1.54) is 18.9 Å². The van der Waals surface area contributed by atoms with Crippen LogP contribution in [0.4, 0.5) is 0 Å². The van der Waals surface area contributed by atoms with Gasteiger partial charge in [0, 0.05) is 0 Å². The lowest BCUT2D eigenvalue weighted by atomic mass is 10.3. The smallest absolute Gasteiger partial charge is 0.116 e. The molecule has 0 bridgehead atoms. The molecule has 0 N–H and O–H groups in total. The summed E-state index contributed by atoms with van der Waals surface area (Å²) in [6.07, 6.45) is 4.13. The minimum atomic E-state index is 0.750. The fourth-order valence-electron chi connectivity index (χ4n) is 0.408. The van der Waals surface area contributed by atoms with Crippen molar-refractivity contribution in [3.8, 4) is 0 Å². The quantitative estimate of drug-likeness (QED) is 0.392. The van der Waals surface area contributed by atoms with Crippen molar-refractivity contribution in [1.29, 1.82) is 0 Å². The summed E-state index contributed by atoms with van der Waals surface area (Å²) in [6, 6.07) is 0. The van der Waals surface area contributed by atoms with Crippen LogP contribution in [0.15, 0.2) is 11.6 Å². The van der Waals surface area contributed by atoms with Crippen LogP contribution in [-0.2, 0) is 4.79 Å². The number of hydrogen-bond donors (Lipinski definition) is 0. The number of carbonyl (C=O) groups is 1. The minimum Gasteiger partial charge on any atom is -0.304 e. The van der Waals surface area contributed by atoms with Gasteiger partial charge in [-0.3, -0.25) is 0 Å². The Balaban J connectivity index is 0. The van der Waals surface area contributed by atoms with E-state index in [1.807, 2.05) is 0 Å². The Morgan fingerprint density at radius 2 is 1.78 bits per heavy atom. The van der Waals surface area contributed by atoms with E-state index < -0.39 is 0 Å². The lowest BCUT2D eigenvalue weighted by Gasteiger charge is -1.80. The molecule has 1 nitrogen and oxygen atoms in total. The molecule has 0 aliphatic rings. The molecule has 0 atom stereocenters. The van der Waals surface area contributed by atoms with Gasteiger partial charge in [-0.05, 0) is 27.2 Å². The normalized spacial score (nSPS) is 6.67. The Bertz CT molecular complexity index is 78.6. The van der Waals surface area contributed by atoms with Crippen LogP contribution in [0.3, 0.4) is 0 Å². The molecule has 0 rings (SSSR count). The molecule has 0 saturated carbocycles. The molecule has 0 heterocycles. The summed E-state index contributed by atoms with van der Waals surface area (Å²) in [4.78, 5) is 8.81. The molecular weight excluding hydrogens is 112 g/mol. The van der Waals surface area contributed by atoms with E-state index in [4.69, 9.17) is 4.79 Å². The van der Waals surface area contributed by atoms with Crippen molar-refractivity contribution in [2.45, 2.75) is 34.1 Å². The van der Waals surface area contributed by atoms with E-state index in [-0.39, 0.29) is 0 Å². The van der Waals surface area contributed by atoms with E-state index in [2.05, 4.69) is 26.8 Å². The number of rotatable bonds is 1. The van der Waals surface area contributed by atoms with Crippen molar-refractivity contribution in [3.63, 3.8) is 0 Å². The molecular formula is C8H16O. The molecule has 0 spiro atoms. The molecule has 54 valence electrons. The molecule has 0 unspecified atom stereocenters. The third-order valence-corrected chi connectivity index (χ3v) is 0.612. The van der Waals surface area contributed by atoms with Gasteiger partial charge < -0.3 is 4.79 Å². The zero-order chi connectivity index (χ0) is 7.70. The largest absolute Gasteiger partial charge is 0.304 e. The predicted molar refractivity (Wildman–Crippen MR) is 41.5 cm³/mol. The zero-order valence-electron chi connectivity index (χ0n) is 6.77. The average Bonchev–Trinajstić information content (AvgIpc) is 1.67. The maximum Gasteiger partial charge on any atom is 0.116 e. The molecule has 1 heteroatoms. The van der Waals surface area contributed by atoms with Crippen LogP contribution in [0, 0.1) is 0 Å². The van der Waals surface area contributed by atoms with E-state index in [1.54, 1.807) is 0 Å². The third kappa shape index (κ3) is 37.3. The summed E-state index contributed by atoms with van der Waals surface area (Å²) in [6.45, 7) is 7.82. The van der Waals surface area contributed by atoms with Crippen molar-refractivity contribution in [3.05, 3.63) is 11.6 Å². The number of allylic oxidation sites excluding steroid dienone is 2. The number of hydrogen-bond acceptors (Lipinski definition) is 1. The van der Waals surface area contributed by atoms with Crippen LogP contribution in [-0.4, -0.2) is 6.29 Å². The van der Waals surface area contributed by atoms with E-state index >= 15 is 0 Å². The fraction of sp³-hybridized carbons (Fsp3) is 0.625. The molecule has 0 aliphatic carbocycles. The Morgan fingerprint density at radius 1 is 1.44 bits per heavy atom. The monoisotopic (exact) mass is 128 g/mol. The van der Waals surface area contributed by atoms with Crippen molar-refractivity contribution in [2.75, 3.05) is 0 Å². The van der Waals surface area contributed by atoms with E-state index in [0.717, 1.165) is 6.29 Å². The highest BCUT2D eigenvalue weighted by molar-refractivity contribution is 5.44.